The Hall–Kier alpha value is -1.10. The van der Waals surface area contributed by atoms with Gasteiger partial charge < -0.3 is 10.6 Å². The fourth-order valence-electron chi connectivity index (χ4n) is 1.20. The van der Waals surface area contributed by atoms with Gasteiger partial charge in [0.25, 0.3) is 6.20 Å². The average molecular weight is 157 g/mol. The summed E-state index contributed by atoms with van der Waals surface area (Å²) in [5.41, 5.74) is 6.22. The minimum absolute atomic E-state index is 0.162. The minimum Gasteiger partial charge on any atom is -0.372 e. The molecule has 5 nitrogen and oxygen atoms in total. The zero-order valence-corrected chi connectivity index (χ0v) is 6.36. The summed E-state index contributed by atoms with van der Waals surface area (Å²) in [4.78, 5) is 11.4. The summed E-state index contributed by atoms with van der Waals surface area (Å²) in [5, 5.41) is 10.1. The van der Waals surface area contributed by atoms with Crippen LogP contribution < -0.4 is 5.73 Å². The van der Waals surface area contributed by atoms with Crippen LogP contribution in [0, 0.1) is 10.1 Å². The highest BCUT2D eigenvalue weighted by Gasteiger charge is 2.24. The summed E-state index contributed by atoms with van der Waals surface area (Å²) >= 11 is 0. The lowest BCUT2D eigenvalue weighted by molar-refractivity contribution is -0.404. The zero-order chi connectivity index (χ0) is 8.43. The number of nitrogens with two attached hydrogens (primary N) is 1. The maximum absolute atomic E-state index is 10.1. The number of rotatable bonds is 1. The Morgan fingerprint density at radius 1 is 1.91 bits per heavy atom. The predicted molar refractivity (Wildman–Crippen MR) is 40.3 cm³/mol. The van der Waals surface area contributed by atoms with Crippen LogP contribution in [0.1, 0.15) is 6.42 Å². The van der Waals surface area contributed by atoms with Gasteiger partial charge in [0.2, 0.25) is 0 Å². The van der Waals surface area contributed by atoms with Gasteiger partial charge in [-0.1, -0.05) is 0 Å². The van der Waals surface area contributed by atoms with E-state index in [-0.39, 0.29) is 6.04 Å². The first-order valence-electron chi connectivity index (χ1n) is 3.43. The van der Waals surface area contributed by atoms with Gasteiger partial charge in [0, 0.05) is 13.6 Å². The monoisotopic (exact) mass is 157 g/mol. The topological polar surface area (TPSA) is 72.4 Å². The van der Waals surface area contributed by atoms with E-state index in [0.29, 0.717) is 5.70 Å². The molecule has 1 saturated heterocycles. The Labute approximate surface area is 64.6 Å². The van der Waals surface area contributed by atoms with Gasteiger partial charge >= 0.3 is 0 Å². The third-order valence-corrected chi connectivity index (χ3v) is 1.83. The molecule has 0 spiro atoms. The van der Waals surface area contributed by atoms with Crippen LogP contribution in [0.25, 0.3) is 0 Å². The number of hydrogen-bond donors (Lipinski definition) is 1. The summed E-state index contributed by atoms with van der Waals surface area (Å²) in [5.74, 6) is 0. The molecule has 1 aliphatic heterocycles. The normalized spacial score (nSPS) is 28.0. The van der Waals surface area contributed by atoms with Crippen molar-refractivity contribution in [1.29, 1.82) is 0 Å². The van der Waals surface area contributed by atoms with Crippen LogP contribution in [0.5, 0.6) is 0 Å². The van der Waals surface area contributed by atoms with Crippen LogP contribution in [0.2, 0.25) is 0 Å². The molecule has 11 heavy (non-hydrogen) atoms. The minimum atomic E-state index is -0.461. The van der Waals surface area contributed by atoms with Crippen LogP contribution >= 0.6 is 0 Å². The lowest BCUT2D eigenvalue weighted by Gasteiger charge is -2.10. The number of nitrogens with zero attached hydrogens (tertiary/aromatic N) is 2. The Morgan fingerprint density at radius 3 is 2.91 bits per heavy atom. The van der Waals surface area contributed by atoms with E-state index in [9.17, 15) is 10.1 Å². The molecule has 0 aromatic carbocycles. The van der Waals surface area contributed by atoms with Crippen LogP contribution in [0.3, 0.4) is 0 Å². The summed E-state index contributed by atoms with van der Waals surface area (Å²) in [6.07, 6.45) is 1.79. The van der Waals surface area contributed by atoms with Crippen molar-refractivity contribution >= 4 is 0 Å². The second kappa shape index (κ2) is 2.87. The molecule has 5 heteroatoms. The fourth-order valence-corrected chi connectivity index (χ4v) is 1.20. The first kappa shape index (κ1) is 8.00. The molecule has 1 aliphatic rings. The molecule has 0 saturated carbocycles. The van der Waals surface area contributed by atoms with Crippen LogP contribution in [-0.4, -0.2) is 29.5 Å². The highest BCUT2D eigenvalue weighted by Crippen LogP contribution is 2.17. The molecule has 1 atom stereocenters. The molecule has 0 aromatic rings. The number of likely N-dealkylation sites (N-methyl/N-ethyl adjacent to an activating group) is 1. The SMILES string of the molecule is CN1CCC(N)C1=C[N+](=O)[O-]. The Bertz CT molecular complexity index is 190. The van der Waals surface area contributed by atoms with Crippen molar-refractivity contribution in [2.24, 2.45) is 5.73 Å². The van der Waals surface area contributed by atoms with Crippen molar-refractivity contribution in [2.45, 2.75) is 12.5 Å². The smallest absolute Gasteiger partial charge is 0.255 e. The maximum Gasteiger partial charge on any atom is 0.255 e. The number of nitro groups is 1. The summed E-state index contributed by atoms with van der Waals surface area (Å²) in [6, 6.07) is -0.162. The molecule has 1 heterocycles. The van der Waals surface area contributed by atoms with Crippen LogP contribution in [0.15, 0.2) is 11.9 Å². The molecule has 0 aliphatic carbocycles. The largest absolute Gasteiger partial charge is 0.372 e. The van der Waals surface area contributed by atoms with Gasteiger partial charge in [-0.15, -0.1) is 0 Å². The molecule has 1 rings (SSSR count). The molecule has 0 bridgehead atoms. The summed E-state index contributed by atoms with van der Waals surface area (Å²) < 4.78 is 0. The van der Waals surface area contributed by atoms with Crippen molar-refractivity contribution in [3.05, 3.63) is 22.0 Å². The van der Waals surface area contributed by atoms with E-state index in [0.717, 1.165) is 19.2 Å². The van der Waals surface area contributed by atoms with Crippen molar-refractivity contribution in [3.63, 3.8) is 0 Å². The quantitative estimate of drug-likeness (QED) is 0.421. The van der Waals surface area contributed by atoms with Crippen LogP contribution in [-0.2, 0) is 0 Å². The molecular weight excluding hydrogens is 146 g/mol. The molecule has 2 N–H and O–H groups in total. The Kier molecular flexibility index (Phi) is 2.09. The van der Waals surface area contributed by atoms with E-state index in [4.69, 9.17) is 5.73 Å². The Balaban J connectivity index is 2.75. The second-order valence-corrected chi connectivity index (χ2v) is 2.66. The zero-order valence-electron chi connectivity index (χ0n) is 6.36. The molecule has 62 valence electrons. The summed E-state index contributed by atoms with van der Waals surface area (Å²) in [6.45, 7) is 0.806. The fraction of sp³-hybridized carbons (Fsp3) is 0.667. The molecule has 0 radical (unpaired) electrons. The first-order valence-corrected chi connectivity index (χ1v) is 3.43. The molecular formula is C6H11N3O2. The highest BCUT2D eigenvalue weighted by atomic mass is 16.6. The van der Waals surface area contributed by atoms with E-state index in [1.165, 1.54) is 0 Å². The lowest BCUT2D eigenvalue weighted by Crippen LogP contribution is -2.22. The van der Waals surface area contributed by atoms with E-state index >= 15 is 0 Å². The van der Waals surface area contributed by atoms with Gasteiger partial charge in [-0.3, -0.25) is 10.1 Å². The van der Waals surface area contributed by atoms with E-state index in [1.807, 2.05) is 11.9 Å². The van der Waals surface area contributed by atoms with E-state index in [2.05, 4.69) is 0 Å². The number of likely N-dealkylation sites (tertiary alicyclic amines) is 1. The third kappa shape index (κ3) is 1.68. The van der Waals surface area contributed by atoms with Crippen molar-refractivity contribution in [3.8, 4) is 0 Å². The van der Waals surface area contributed by atoms with Gasteiger partial charge in [0.1, 0.15) is 5.70 Å². The van der Waals surface area contributed by atoms with Gasteiger partial charge in [-0.2, -0.15) is 0 Å². The van der Waals surface area contributed by atoms with E-state index < -0.39 is 4.92 Å². The lowest BCUT2D eigenvalue weighted by atomic mass is 10.2. The number of hydrogen-bond acceptors (Lipinski definition) is 4. The van der Waals surface area contributed by atoms with Gasteiger partial charge in [0.05, 0.1) is 11.0 Å². The van der Waals surface area contributed by atoms with Crippen LogP contribution in [0.4, 0.5) is 0 Å². The second-order valence-electron chi connectivity index (χ2n) is 2.66. The molecule has 0 aromatic heterocycles. The van der Waals surface area contributed by atoms with Gasteiger partial charge in [-0.05, 0) is 6.42 Å². The predicted octanol–water partition coefficient (Wildman–Crippen LogP) is -0.233. The molecule has 0 amide bonds. The average Bonchev–Trinajstić information content (AvgIpc) is 2.18. The highest BCUT2D eigenvalue weighted by molar-refractivity contribution is 5.10. The standard InChI is InChI=1S/C6H11N3O2/c1-8-3-2-5(7)6(8)4-9(10)11/h4-5H,2-3,7H2,1H3. The maximum atomic E-state index is 10.1. The molecule has 1 fully saturated rings. The van der Waals surface area contributed by atoms with Gasteiger partial charge in [0.15, 0.2) is 0 Å². The van der Waals surface area contributed by atoms with Crippen molar-refractivity contribution < 1.29 is 4.92 Å². The first-order chi connectivity index (χ1) is 5.11. The van der Waals surface area contributed by atoms with Crippen molar-refractivity contribution in [2.75, 3.05) is 13.6 Å². The third-order valence-electron chi connectivity index (χ3n) is 1.83. The summed E-state index contributed by atoms with van der Waals surface area (Å²) in [7, 11) is 1.81. The Morgan fingerprint density at radius 2 is 2.55 bits per heavy atom. The van der Waals surface area contributed by atoms with E-state index in [1.54, 1.807) is 0 Å². The van der Waals surface area contributed by atoms with Crippen molar-refractivity contribution in [1.82, 2.24) is 4.90 Å². The van der Waals surface area contributed by atoms with Gasteiger partial charge in [-0.25, -0.2) is 0 Å². The molecule has 1 unspecified atom stereocenters.